The molecule has 28 heavy (non-hydrogen) atoms. The summed E-state index contributed by atoms with van der Waals surface area (Å²) in [5, 5.41) is 3.30. The van der Waals surface area contributed by atoms with Crippen LogP contribution in [-0.2, 0) is 0 Å². The van der Waals surface area contributed by atoms with Crippen molar-refractivity contribution in [1.29, 1.82) is 0 Å². The van der Waals surface area contributed by atoms with Gasteiger partial charge in [-0.05, 0) is 42.8 Å². The Morgan fingerprint density at radius 2 is 1.89 bits per heavy atom. The molecule has 0 spiro atoms. The molecule has 1 aliphatic heterocycles. The highest BCUT2D eigenvalue weighted by molar-refractivity contribution is 5.70. The maximum atomic E-state index is 14.4. The second-order valence-corrected chi connectivity index (χ2v) is 7.16. The molecule has 4 aromatic heterocycles. The van der Waals surface area contributed by atoms with Gasteiger partial charge in [0.2, 0.25) is 0 Å². The van der Waals surface area contributed by atoms with Crippen LogP contribution in [0.2, 0.25) is 0 Å². The summed E-state index contributed by atoms with van der Waals surface area (Å²) in [4.78, 5) is 19.2. The highest BCUT2D eigenvalue weighted by Gasteiger charge is 2.15. The Morgan fingerprint density at radius 1 is 1.07 bits per heavy atom. The molecule has 4 aromatic rings. The van der Waals surface area contributed by atoms with Gasteiger partial charge in [-0.3, -0.25) is 9.20 Å². The summed E-state index contributed by atoms with van der Waals surface area (Å²) in [6, 6.07) is 9.07. The zero-order valence-corrected chi connectivity index (χ0v) is 15.5. The van der Waals surface area contributed by atoms with Crippen LogP contribution in [0.4, 0.5) is 10.1 Å². The van der Waals surface area contributed by atoms with E-state index in [0.717, 1.165) is 48.5 Å². The van der Waals surface area contributed by atoms with Crippen molar-refractivity contribution in [1.82, 2.24) is 19.1 Å². The van der Waals surface area contributed by atoms with Crippen molar-refractivity contribution < 1.29 is 4.39 Å². The lowest BCUT2D eigenvalue weighted by Gasteiger charge is -2.28. The molecule has 1 saturated heterocycles. The monoisotopic (exact) mass is 377 g/mol. The average molecular weight is 377 g/mol. The van der Waals surface area contributed by atoms with E-state index in [1.807, 2.05) is 37.4 Å². The topological polar surface area (TPSA) is 54.1 Å². The van der Waals surface area contributed by atoms with Crippen LogP contribution in [0.3, 0.4) is 0 Å². The number of fused-ring (bicyclic) bond motifs is 2. The Morgan fingerprint density at radius 3 is 2.71 bits per heavy atom. The van der Waals surface area contributed by atoms with Crippen LogP contribution in [0.15, 0.2) is 53.7 Å². The van der Waals surface area contributed by atoms with Gasteiger partial charge in [-0.25, -0.2) is 9.37 Å². The molecule has 0 atom stereocenters. The molecule has 0 bridgehead atoms. The molecular formula is C21H20FN5O. The van der Waals surface area contributed by atoms with E-state index in [-0.39, 0.29) is 11.4 Å². The average Bonchev–Trinajstić information content (AvgIpc) is 3.09. The number of halogens is 1. The summed E-state index contributed by atoms with van der Waals surface area (Å²) in [6.45, 7) is 5.24. The molecule has 6 nitrogen and oxygen atoms in total. The van der Waals surface area contributed by atoms with E-state index in [0.29, 0.717) is 11.3 Å². The van der Waals surface area contributed by atoms with Gasteiger partial charge in [-0.2, -0.15) is 0 Å². The summed E-state index contributed by atoms with van der Waals surface area (Å²) >= 11 is 0. The number of piperazine rings is 1. The van der Waals surface area contributed by atoms with Gasteiger partial charge in [0, 0.05) is 55.8 Å². The number of nitrogens with one attached hydrogen (secondary N) is 1. The number of hydrogen-bond acceptors (Lipinski definition) is 4. The maximum absolute atomic E-state index is 14.4. The second kappa shape index (κ2) is 6.45. The lowest BCUT2D eigenvalue weighted by atomic mass is 10.1. The summed E-state index contributed by atoms with van der Waals surface area (Å²) in [5.74, 6) is -0.364. The molecule has 0 saturated carbocycles. The Balaban J connectivity index is 1.59. The number of hydrogen-bond donors (Lipinski definition) is 1. The van der Waals surface area contributed by atoms with Crippen molar-refractivity contribution in [3.8, 4) is 11.1 Å². The van der Waals surface area contributed by atoms with E-state index in [4.69, 9.17) is 0 Å². The number of pyridine rings is 3. The van der Waals surface area contributed by atoms with Crippen LogP contribution in [0.25, 0.3) is 22.3 Å². The number of imidazole rings is 1. The van der Waals surface area contributed by atoms with E-state index in [9.17, 15) is 9.18 Å². The Kier molecular flexibility index (Phi) is 3.91. The zero-order valence-electron chi connectivity index (χ0n) is 15.5. The third-order valence-corrected chi connectivity index (χ3v) is 5.25. The molecule has 1 aliphatic rings. The molecule has 7 heteroatoms. The highest BCUT2D eigenvalue weighted by Crippen LogP contribution is 2.24. The van der Waals surface area contributed by atoms with Crippen molar-refractivity contribution in [2.24, 2.45) is 0 Å². The molecule has 0 amide bonds. The van der Waals surface area contributed by atoms with Gasteiger partial charge in [0.1, 0.15) is 5.69 Å². The van der Waals surface area contributed by atoms with Gasteiger partial charge in [0.15, 0.2) is 11.5 Å². The molecule has 0 aromatic carbocycles. The lowest BCUT2D eigenvalue weighted by molar-refractivity contribution is 0.587. The number of aryl methyl sites for hydroxylation is 1. The van der Waals surface area contributed by atoms with Gasteiger partial charge in [0.25, 0.3) is 5.56 Å². The fourth-order valence-corrected chi connectivity index (χ4v) is 3.85. The molecule has 142 valence electrons. The minimum Gasteiger partial charge on any atom is -0.365 e. The van der Waals surface area contributed by atoms with E-state index in [1.165, 1.54) is 6.07 Å². The first-order valence-corrected chi connectivity index (χ1v) is 9.36. The Labute approximate surface area is 160 Å². The minimum atomic E-state index is -0.364. The van der Waals surface area contributed by atoms with Crippen LogP contribution >= 0.6 is 0 Å². The largest absolute Gasteiger partial charge is 0.365 e. The zero-order chi connectivity index (χ0) is 19.3. The van der Waals surface area contributed by atoms with Gasteiger partial charge < -0.3 is 14.6 Å². The standard InChI is InChI=1S/C21H20FN5O/c1-14-12-26-13-16(11-18(22)20(26)24-14)15-4-7-27-17(10-15)2-3-19(21(27)28)25-8-5-23-6-9-25/h2-4,7,10-13,23H,5-6,8-9H2,1H3. The third kappa shape index (κ3) is 2.75. The van der Waals surface area contributed by atoms with Gasteiger partial charge in [-0.1, -0.05) is 0 Å². The molecule has 0 unspecified atom stereocenters. The molecule has 5 rings (SSSR count). The predicted molar refractivity (Wildman–Crippen MR) is 108 cm³/mol. The first-order valence-electron chi connectivity index (χ1n) is 9.36. The number of nitrogens with zero attached hydrogens (tertiary/aromatic N) is 4. The van der Waals surface area contributed by atoms with Gasteiger partial charge in [0.05, 0.1) is 5.69 Å². The molecule has 5 heterocycles. The summed E-state index contributed by atoms with van der Waals surface area (Å²) in [7, 11) is 0. The summed E-state index contributed by atoms with van der Waals surface area (Å²) < 4.78 is 17.8. The first kappa shape index (κ1) is 16.9. The summed E-state index contributed by atoms with van der Waals surface area (Å²) in [6.07, 6.45) is 5.42. The number of aromatic nitrogens is 3. The van der Waals surface area contributed by atoms with E-state index >= 15 is 0 Å². The quantitative estimate of drug-likeness (QED) is 0.583. The van der Waals surface area contributed by atoms with Gasteiger partial charge in [-0.15, -0.1) is 0 Å². The van der Waals surface area contributed by atoms with Crippen molar-refractivity contribution in [3.05, 3.63) is 70.8 Å². The van der Waals surface area contributed by atoms with E-state index < -0.39 is 0 Å². The fourth-order valence-electron chi connectivity index (χ4n) is 3.85. The van der Waals surface area contributed by atoms with Crippen LogP contribution in [0.5, 0.6) is 0 Å². The van der Waals surface area contributed by atoms with Crippen molar-refractivity contribution in [2.45, 2.75) is 6.92 Å². The smallest absolute Gasteiger partial charge is 0.278 e. The molecular weight excluding hydrogens is 357 g/mol. The van der Waals surface area contributed by atoms with Crippen molar-refractivity contribution >= 4 is 16.9 Å². The SMILES string of the molecule is Cc1cn2cc(-c3ccn4c(=O)c(N5CCNCC5)ccc4c3)cc(F)c2n1. The lowest BCUT2D eigenvalue weighted by Crippen LogP contribution is -2.45. The normalized spacial score (nSPS) is 14.9. The Bertz CT molecular complexity index is 1250. The minimum absolute atomic E-state index is 0.0298. The number of anilines is 1. The van der Waals surface area contributed by atoms with Crippen LogP contribution < -0.4 is 15.8 Å². The third-order valence-electron chi connectivity index (χ3n) is 5.25. The fraction of sp³-hybridized carbons (Fsp3) is 0.238. The molecule has 1 N–H and O–H groups in total. The molecule has 1 fully saturated rings. The van der Waals surface area contributed by atoms with E-state index in [1.54, 1.807) is 21.2 Å². The highest BCUT2D eigenvalue weighted by atomic mass is 19.1. The first-order chi connectivity index (χ1) is 13.6. The van der Waals surface area contributed by atoms with Crippen molar-refractivity contribution in [3.63, 3.8) is 0 Å². The van der Waals surface area contributed by atoms with E-state index in [2.05, 4.69) is 15.2 Å². The Hall–Kier alpha value is -3.19. The number of rotatable bonds is 2. The second-order valence-electron chi connectivity index (χ2n) is 7.16. The van der Waals surface area contributed by atoms with Crippen LogP contribution in [0, 0.1) is 12.7 Å². The maximum Gasteiger partial charge on any atom is 0.278 e. The molecule has 0 aliphatic carbocycles. The predicted octanol–water partition coefficient (Wildman–Crippen LogP) is 2.47. The van der Waals surface area contributed by atoms with Crippen LogP contribution in [0.1, 0.15) is 5.69 Å². The summed E-state index contributed by atoms with van der Waals surface area (Å²) in [5.41, 5.74) is 4.14. The van der Waals surface area contributed by atoms with Gasteiger partial charge >= 0.3 is 0 Å². The molecule has 0 radical (unpaired) electrons. The van der Waals surface area contributed by atoms with Crippen LogP contribution in [-0.4, -0.2) is 40.0 Å². The van der Waals surface area contributed by atoms with Crippen molar-refractivity contribution in [2.75, 3.05) is 31.1 Å².